The lowest BCUT2D eigenvalue weighted by atomic mass is 10.00. The zero-order valence-electron chi connectivity index (χ0n) is 19.7. The Morgan fingerprint density at radius 3 is 2.43 bits per heavy atom. The molecule has 180 valence electrons. The Morgan fingerprint density at radius 2 is 1.74 bits per heavy atom. The summed E-state index contributed by atoms with van der Waals surface area (Å²) in [6.45, 7) is 5.74. The van der Waals surface area contributed by atoms with Crippen LogP contribution in [0.4, 0.5) is 16.2 Å². The van der Waals surface area contributed by atoms with E-state index in [4.69, 9.17) is 28.2 Å². The second-order valence-electron chi connectivity index (χ2n) is 9.37. The number of carbonyl (C=O) groups excluding carboxylic acids is 2. The summed E-state index contributed by atoms with van der Waals surface area (Å²) in [5.74, 6) is -0.222. The van der Waals surface area contributed by atoms with Gasteiger partial charge in [-0.3, -0.25) is 9.79 Å². The first kappa shape index (κ1) is 24.8. The molecule has 1 atom stereocenters. The summed E-state index contributed by atoms with van der Waals surface area (Å²) in [7, 11) is 0. The molecule has 0 saturated heterocycles. The van der Waals surface area contributed by atoms with Crippen molar-refractivity contribution in [2.24, 2.45) is 4.99 Å². The topological polar surface area (TPSA) is 82.6 Å². The quantitative estimate of drug-likeness (QED) is 0.385. The Kier molecular flexibility index (Phi) is 7.15. The van der Waals surface area contributed by atoms with E-state index in [0.717, 1.165) is 16.7 Å². The van der Waals surface area contributed by atoms with Gasteiger partial charge in [0.15, 0.2) is 0 Å². The molecular weight excluding hydrogens is 483 g/mol. The summed E-state index contributed by atoms with van der Waals surface area (Å²) in [6, 6.07) is 19.1. The molecule has 8 heteroatoms. The summed E-state index contributed by atoms with van der Waals surface area (Å²) in [5, 5.41) is 9.80. The summed E-state index contributed by atoms with van der Waals surface area (Å²) >= 11 is 12.7. The molecule has 0 fully saturated rings. The maximum absolute atomic E-state index is 13.1. The highest BCUT2D eigenvalue weighted by atomic mass is 35.5. The van der Waals surface area contributed by atoms with E-state index in [2.05, 4.69) is 16.0 Å². The molecule has 4 rings (SSSR count). The zero-order valence-corrected chi connectivity index (χ0v) is 21.2. The maximum Gasteiger partial charge on any atom is 0.319 e. The summed E-state index contributed by atoms with van der Waals surface area (Å²) in [4.78, 5) is 30.2. The zero-order chi connectivity index (χ0) is 25.2. The second-order valence-corrected chi connectivity index (χ2v) is 10.2. The Hall–Kier alpha value is -3.35. The lowest BCUT2D eigenvalue weighted by Crippen LogP contribution is -2.43. The molecule has 35 heavy (non-hydrogen) atoms. The third kappa shape index (κ3) is 6.21. The van der Waals surface area contributed by atoms with Crippen molar-refractivity contribution in [2.75, 3.05) is 10.6 Å². The number of hydrogen-bond acceptors (Lipinski definition) is 3. The Balaban J connectivity index is 1.69. The summed E-state index contributed by atoms with van der Waals surface area (Å²) in [6.07, 6.45) is 0.351. The number of nitrogens with one attached hydrogen (secondary N) is 3. The van der Waals surface area contributed by atoms with Crippen molar-refractivity contribution in [3.63, 3.8) is 0 Å². The van der Waals surface area contributed by atoms with E-state index in [1.54, 1.807) is 36.4 Å². The number of nitrogens with zero attached hydrogens (tertiary/aromatic N) is 1. The molecule has 0 saturated carbocycles. The molecule has 3 aromatic carbocycles. The lowest BCUT2D eigenvalue weighted by molar-refractivity contribution is -0.117. The maximum atomic E-state index is 13.1. The monoisotopic (exact) mass is 508 g/mol. The second kappa shape index (κ2) is 10.1. The highest BCUT2D eigenvalue weighted by Gasteiger charge is 2.27. The van der Waals surface area contributed by atoms with Crippen molar-refractivity contribution in [3.05, 3.63) is 93.5 Å². The first-order valence-corrected chi connectivity index (χ1v) is 12.0. The van der Waals surface area contributed by atoms with Crippen LogP contribution in [-0.4, -0.2) is 29.2 Å². The van der Waals surface area contributed by atoms with Crippen molar-refractivity contribution in [1.29, 1.82) is 0 Å². The highest BCUT2D eigenvalue weighted by Crippen LogP contribution is 2.29. The molecule has 6 nitrogen and oxygen atoms in total. The molecule has 3 N–H and O–H groups in total. The predicted octanol–water partition coefficient (Wildman–Crippen LogP) is 6.31. The van der Waals surface area contributed by atoms with Gasteiger partial charge in [0, 0.05) is 38.8 Å². The minimum atomic E-state index is -0.688. The number of rotatable bonds is 4. The fraction of sp³-hybridized carbons (Fsp3) is 0.222. The Morgan fingerprint density at radius 1 is 1.03 bits per heavy atom. The average molecular weight is 509 g/mol. The number of benzene rings is 3. The normalized spacial score (nSPS) is 15.4. The number of hydrogen-bond donors (Lipinski definition) is 3. The van der Waals surface area contributed by atoms with Crippen molar-refractivity contribution in [2.45, 2.75) is 38.8 Å². The molecule has 0 aromatic heterocycles. The molecule has 3 amide bonds. The van der Waals surface area contributed by atoms with E-state index in [0.29, 0.717) is 33.6 Å². The molecular formula is C27H26Cl2N4O2. The van der Waals surface area contributed by atoms with Crippen LogP contribution in [0.25, 0.3) is 0 Å². The standard InChI is InChI=1S/C27H26Cl2N4O2/c1-27(2,3)33-26(35)30-19-11-8-16(9-12-19)24-20-15-18(28)10-13-22(20)32-25(34)23(31-24)14-17-6-4-5-7-21(17)29/h4-13,15,23H,14H2,1-3H3,(H,32,34)(H2,30,33,35). The first-order chi connectivity index (χ1) is 16.6. The van der Waals surface area contributed by atoms with E-state index < -0.39 is 6.04 Å². The molecule has 3 aromatic rings. The molecule has 0 spiro atoms. The van der Waals surface area contributed by atoms with Gasteiger partial charge in [-0.15, -0.1) is 0 Å². The first-order valence-electron chi connectivity index (χ1n) is 11.2. The predicted molar refractivity (Wildman–Crippen MR) is 143 cm³/mol. The largest absolute Gasteiger partial charge is 0.333 e. The van der Waals surface area contributed by atoms with Crippen molar-refractivity contribution in [1.82, 2.24) is 5.32 Å². The summed E-state index contributed by atoms with van der Waals surface area (Å²) < 4.78 is 0. The molecule has 1 aliphatic heterocycles. The van der Waals surface area contributed by atoms with Gasteiger partial charge >= 0.3 is 6.03 Å². The smallest absolute Gasteiger partial charge is 0.319 e. The van der Waals surface area contributed by atoms with Gasteiger partial charge in [0.2, 0.25) is 5.91 Å². The van der Waals surface area contributed by atoms with Gasteiger partial charge in [0.05, 0.1) is 11.4 Å². The Labute approximate surface area is 214 Å². The molecule has 1 aliphatic rings. The van der Waals surface area contributed by atoms with Crippen LogP contribution in [0.2, 0.25) is 10.0 Å². The average Bonchev–Trinajstić information content (AvgIpc) is 2.91. The number of benzodiazepines with no additional fused rings is 1. The van der Waals surface area contributed by atoms with E-state index in [9.17, 15) is 9.59 Å². The fourth-order valence-corrected chi connectivity index (χ4v) is 4.16. The number of urea groups is 1. The Bertz CT molecular complexity index is 1300. The van der Waals surface area contributed by atoms with E-state index in [1.807, 2.05) is 51.1 Å². The van der Waals surface area contributed by atoms with Gasteiger partial charge in [0.25, 0.3) is 0 Å². The molecule has 0 bridgehead atoms. The minimum Gasteiger partial charge on any atom is -0.333 e. The van der Waals surface area contributed by atoms with Crippen molar-refractivity contribution >= 4 is 52.2 Å². The van der Waals surface area contributed by atoms with Crippen LogP contribution in [0.15, 0.2) is 71.7 Å². The van der Waals surface area contributed by atoms with Crippen LogP contribution in [0.3, 0.4) is 0 Å². The van der Waals surface area contributed by atoms with Crippen LogP contribution in [0.5, 0.6) is 0 Å². The van der Waals surface area contributed by atoms with E-state index in [-0.39, 0.29) is 17.5 Å². The highest BCUT2D eigenvalue weighted by molar-refractivity contribution is 6.32. The van der Waals surface area contributed by atoms with Gasteiger partial charge in [0.1, 0.15) is 6.04 Å². The van der Waals surface area contributed by atoms with E-state index in [1.165, 1.54) is 0 Å². The van der Waals surface area contributed by atoms with Gasteiger partial charge in [-0.05, 0) is 62.7 Å². The number of fused-ring (bicyclic) bond motifs is 1. The molecule has 1 unspecified atom stereocenters. The number of amides is 3. The lowest BCUT2D eigenvalue weighted by Gasteiger charge is -2.20. The van der Waals surface area contributed by atoms with Crippen molar-refractivity contribution in [3.8, 4) is 0 Å². The van der Waals surface area contributed by atoms with Gasteiger partial charge in [-0.25, -0.2) is 4.79 Å². The number of anilines is 2. The van der Waals surface area contributed by atoms with Gasteiger partial charge < -0.3 is 16.0 Å². The number of aliphatic imine (C=N–C) groups is 1. The van der Waals surface area contributed by atoms with Crippen LogP contribution in [0, 0.1) is 0 Å². The molecule has 0 aliphatic carbocycles. The third-order valence-electron chi connectivity index (χ3n) is 5.36. The van der Waals surface area contributed by atoms with Crippen LogP contribution < -0.4 is 16.0 Å². The van der Waals surface area contributed by atoms with Crippen LogP contribution in [0.1, 0.15) is 37.5 Å². The van der Waals surface area contributed by atoms with Gasteiger partial charge in [-0.1, -0.05) is 53.5 Å². The van der Waals surface area contributed by atoms with Gasteiger partial charge in [-0.2, -0.15) is 0 Å². The minimum absolute atomic E-state index is 0.222. The number of carbonyl (C=O) groups is 2. The van der Waals surface area contributed by atoms with Crippen LogP contribution >= 0.6 is 23.2 Å². The molecule has 1 heterocycles. The summed E-state index contributed by atoms with van der Waals surface area (Å²) in [5.41, 5.74) is 3.90. The number of halogens is 2. The van der Waals surface area contributed by atoms with E-state index >= 15 is 0 Å². The third-order valence-corrected chi connectivity index (χ3v) is 5.96. The SMILES string of the molecule is CC(C)(C)NC(=O)Nc1ccc(C2=NC(Cc3ccccc3Cl)C(=O)Nc3ccc(Cl)cc32)cc1. The fourth-order valence-electron chi connectivity index (χ4n) is 3.78. The van der Waals surface area contributed by atoms with Crippen molar-refractivity contribution < 1.29 is 9.59 Å². The van der Waals surface area contributed by atoms with Crippen LogP contribution in [-0.2, 0) is 11.2 Å². The molecule has 0 radical (unpaired) electrons.